The quantitative estimate of drug-likeness (QED) is 0.521. The van der Waals surface area contributed by atoms with E-state index in [2.05, 4.69) is 13.2 Å². The summed E-state index contributed by atoms with van der Waals surface area (Å²) >= 11 is 0. The SMILES string of the molecule is O=[SH]1(P)Nc2cccc3cccc1c23. The summed E-state index contributed by atoms with van der Waals surface area (Å²) in [6.07, 6.45) is 0. The Balaban J connectivity index is 2.56. The highest BCUT2D eigenvalue weighted by molar-refractivity contribution is 8.46. The van der Waals surface area contributed by atoms with Crippen LogP contribution in [0.25, 0.3) is 10.8 Å². The van der Waals surface area contributed by atoms with Gasteiger partial charge in [0.1, 0.15) is 0 Å². The Morgan fingerprint density at radius 2 is 1.86 bits per heavy atom. The number of rotatable bonds is 0. The molecule has 1 heterocycles. The van der Waals surface area contributed by atoms with E-state index in [1.54, 1.807) is 0 Å². The average Bonchev–Trinajstić information content (AvgIpc) is 2.41. The highest BCUT2D eigenvalue weighted by atomic mass is 32.8. The lowest BCUT2D eigenvalue weighted by molar-refractivity contribution is 0.685. The van der Waals surface area contributed by atoms with Gasteiger partial charge in [-0.25, -0.2) is 0 Å². The Kier molecular flexibility index (Phi) is 1.53. The third-order valence-electron chi connectivity index (χ3n) is 2.53. The Labute approximate surface area is 85.2 Å². The number of thiol groups is 1. The number of hydrogen-bond acceptors (Lipinski definition) is 1. The van der Waals surface area contributed by atoms with Crippen molar-refractivity contribution in [2.75, 3.05) is 4.72 Å². The number of anilines is 1. The fourth-order valence-electron chi connectivity index (χ4n) is 1.93. The maximum absolute atomic E-state index is 12.2. The molecule has 72 valence electrons. The van der Waals surface area contributed by atoms with Gasteiger partial charge in [-0.05, 0) is 35.7 Å². The molecule has 4 heteroatoms. The Hall–Kier alpha value is -0.920. The summed E-state index contributed by atoms with van der Waals surface area (Å²) in [4.78, 5) is 0.926. The third-order valence-corrected chi connectivity index (χ3v) is 5.41. The molecule has 0 bridgehead atoms. The van der Waals surface area contributed by atoms with Crippen LogP contribution in [0.5, 0.6) is 0 Å². The van der Waals surface area contributed by atoms with Gasteiger partial charge in [0.05, 0.1) is 5.69 Å². The monoisotopic (exact) mass is 223 g/mol. The molecule has 0 saturated carbocycles. The molecule has 3 rings (SSSR count). The van der Waals surface area contributed by atoms with Crippen LogP contribution < -0.4 is 4.72 Å². The molecule has 2 nitrogen and oxygen atoms in total. The van der Waals surface area contributed by atoms with Gasteiger partial charge < -0.3 is 4.72 Å². The molecule has 0 fully saturated rings. The summed E-state index contributed by atoms with van der Waals surface area (Å²) < 4.78 is 15.2. The molecular weight excluding hydrogens is 213 g/mol. The van der Waals surface area contributed by atoms with E-state index >= 15 is 0 Å². The molecule has 1 unspecified atom stereocenters. The molecule has 1 aliphatic rings. The maximum atomic E-state index is 12.2. The lowest BCUT2D eigenvalue weighted by Crippen LogP contribution is -2.07. The molecule has 2 aromatic carbocycles. The van der Waals surface area contributed by atoms with Gasteiger partial charge in [-0.1, -0.05) is 24.3 Å². The Bertz CT molecular complexity index is 576. The molecule has 1 N–H and O–H groups in total. The van der Waals surface area contributed by atoms with E-state index in [0.29, 0.717) is 0 Å². The Morgan fingerprint density at radius 1 is 1.14 bits per heavy atom. The first-order chi connectivity index (χ1) is 6.68. The highest BCUT2D eigenvalue weighted by Crippen LogP contribution is 2.43. The van der Waals surface area contributed by atoms with Crippen molar-refractivity contribution in [3.63, 3.8) is 0 Å². The first kappa shape index (κ1) is 8.39. The van der Waals surface area contributed by atoms with Crippen LogP contribution in [0.1, 0.15) is 0 Å². The van der Waals surface area contributed by atoms with Gasteiger partial charge in [0.25, 0.3) is 0 Å². The minimum absolute atomic E-state index is 0.926. The van der Waals surface area contributed by atoms with E-state index < -0.39 is 9.74 Å². The Morgan fingerprint density at radius 3 is 2.64 bits per heavy atom. The number of benzene rings is 2. The lowest BCUT2D eigenvalue weighted by Gasteiger charge is -2.13. The smallest absolute Gasteiger partial charge is 0.0540 e. The van der Waals surface area contributed by atoms with Gasteiger partial charge in [0.2, 0.25) is 0 Å². The standard InChI is InChI=1S/C10H10NOPS/c12-14(13)9-6-2-4-7-3-1-5-8(11-14)10(7)9/h1-6,14H,13H2,(H,11,12). The van der Waals surface area contributed by atoms with Crippen LogP contribution in [0, 0.1) is 0 Å². The number of nitrogens with one attached hydrogen (secondary N) is 1. The molecular formula is C10H10NOPS. The van der Waals surface area contributed by atoms with E-state index in [1.165, 1.54) is 0 Å². The molecule has 0 aliphatic carbocycles. The van der Waals surface area contributed by atoms with Crippen LogP contribution in [0.4, 0.5) is 5.69 Å². The first-order valence-electron chi connectivity index (χ1n) is 4.38. The second-order valence-electron chi connectivity index (χ2n) is 3.45. The van der Waals surface area contributed by atoms with Crippen molar-refractivity contribution >= 4 is 34.6 Å². The summed E-state index contributed by atoms with van der Waals surface area (Å²) in [5, 5.41) is 2.25. The third kappa shape index (κ3) is 0.969. The molecule has 0 amide bonds. The molecule has 1 aliphatic heterocycles. The first-order valence-corrected chi connectivity index (χ1v) is 7.70. The summed E-state index contributed by atoms with van der Waals surface area (Å²) in [5.74, 6) is 0. The van der Waals surface area contributed by atoms with E-state index in [1.807, 2.05) is 36.4 Å². The van der Waals surface area contributed by atoms with Crippen LogP contribution in [0.3, 0.4) is 0 Å². The molecule has 14 heavy (non-hydrogen) atoms. The molecule has 0 aromatic heterocycles. The molecule has 2 aromatic rings. The summed E-state index contributed by atoms with van der Waals surface area (Å²) in [6, 6.07) is 11.9. The molecule has 0 spiro atoms. The van der Waals surface area contributed by atoms with Crippen molar-refractivity contribution in [3.05, 3.63) is 36.4 Å². The summed E-state index contributed by atoms with van der Waals surface area (Å²) in [7, 11) is 0.00317. The van der Waals surface area contributed by atoms with Crippen LogP contribution in [-0.4, -0.2) is 4.21 Å². The second-order valence-corrected chi connectivity index (χ2v) is 7.65. The van der Waals surface area contributed by atoms with Gasteiger partial charge >= 0.3 is 0 Å². The van der Waals surface area contributed by atoms with Crippen LogP contribution >= 0.6 is 8.44 Å². The van der Waals surface area contributed by atoms with Gasteiger partial charge in [0.15, 0.2) is 0 Å². The zero-order valence-corrected chi connectivity index (χ0v) is 9.45. The lowest BCUT2D eigenvalue weighted by atomic mass is 10.1. The predicted octanol–water partition coefficient (Wildman–Crippen LogP) is 2.35. The highest BCUT2D eigenvalue weighted by Gasteiger charge is 2.23. The van der Waals surface area contributed by atoms with Gasteiger partial charge in [-0.15, -0.1) is 0 Å². The van der Waals surface area contributed by atoms with Gasteiger partial charge in [-0.3, -0.25) is 4.21 Å². The zero-order valence-electron chi connectivity index (χ0n) is 7.40. The van der Waals surface area contributed by atoms with Crippen molar-refractivity contribution in [2.24, 2.45) is 0 Å². The van der Waals surface area contributed by atoms with Crippen molar-refractivity contribution in [2.45, 2.75) is 4.90 Å². The van der Waals surface area contributed by atoms with Crippen LogP contribution in [-0.2, 0) is 9.74 Å². The van der Waals surface area contributed by atoms with E-state index in [9.17, 15) is 4.21 Å². The second kappa shape index (κ2) is 2.56. The fourth-order valence-corrected chi connectivity index (χ4v) is 4.55. The average molecular weight is 223 g/mol. The van der Waals surface area contributed by atoms with Crippen LogP contribution in [0.2, 0.25) is 0 Å². The van der Waals surface area contributed by atoms with E-state index in [-0.39, 0.29) is 0 Å². The largest absolute Gasteiger partial charge is 0.320 e. The van der Waals surface area contributed by atoms with Gasteiger partial charge in [0, 0.05) is 10.3 Å². The zero-order chi connectivity index (χ0) is 9.76. The van der Waals surface area contributed by atoms with Crippen molar-refractivity contribution in [3.8, 4) is 0 Å². The fraction of sp³-hybridized carbons (Fsp3) is 0. The molecule has 0 radical (unpaired) electrons. The summed E-state index contributed by atoms with van der Waals surface area (Å²) in [5.41, 5.74) is 0.983. The minimum Gasteiger partial charge on any atom is -0.320 e. The van der Waals surface area contributed by atoms with E-state index in [4.69, 9.17) is 0 Å². The van der Waals surface area contributed by atoms with Gasteiger partial charge in [-0.2, -0.15) is 0 Å². The molecule has 0 saturated heterocycles. The van der Waals surface area contributed by atoms with Crippen molar-refractivity contribution < 1.29 is 4.21 Å². The molecule has 1 atom stereocenters. The summed E-state index contributed by atoms with van der Waals surface area (Å²) in [6.45, 7) is 0. The van der Waals surface area contributed by atoms with E-state index in [0.717, 1.165) is 21.4 Å². The topological polar surface area (TPSA) is 29.1 Å². The number of hydrogen-bond donors (Lipinski definition) is 2. The van der Waals surface area contributed by atoms with Crippen molar-refractivity contribution in [1.29, 1.82) is 0 Å². The normalized spacial score (nSPS) is 19.2. The van der Waals surface area contributed by atoms with Crippen LogP contribution in [0.15, 0.2) is 41.3 Å². The maximum Gasteiger partial charge on any atom is 0.0540 e. The minimum atomic E-state index is -2.43. The van der Waals surface area contributed by atoms with Crippen molar-refractivity contribution in [1.82, 2.24) is 0 Å². The predicted molar refractivity (Wildman–Crippen MR) is 65.1 cm³/mol.